The fourth-order valence-corrected chi connectivity index (χ4v) is 2.90. The summed E-state index contributed by atoms with van der Waals surface area (Å²) in [5.41, 5.74) is 2.06. The number of allylic oxidation sites excluding steroid dienone is 1. The van der Waals surface area contributed by atoms with Crippen molar-refractivity contribution in [2.45, 2.75) is 24.9 Å². The average Bonchev–Trinajstić information content (AvgIpc) is 3.03. The van der Waals surface area contributed by atoms with Gasteiger partial charge in [-0.1, -0.05) is 66.7 Å². The predicted octanol–water partition coefficient (Wildman–Crippen LogP) is 4.03. The molecule has 1 N–H and O–H groups in total. The van der Waals surface area contributed by atoms with Gasteiger partial charge in [0.15, 0.2) is 0 Å². The molecular weight excluding hydrogens is 232 g/mol. The van der Waals surface area contributed by atoms with Crippen LogP contribution in [0, 0.1) is 0 Å². The lowest BCUT2D eigenvalue weighted by Gasteiger charge is -2.31. The van der Waals surface area contributed by atoms with Gasteiger partial charge in [0.1, 0.15) is 5.60 Å². The van der Waals surface area contributed by atoms with Crippen molar-refractivity contribution in [2.75, 3.05) is 0 Å². The Balaban J connectivity index is 2.16. The number of hydrogen-bond acceptors (Lipinski definition) is 1. The molecule has 0 aliphatic heterocycles. The molecule has 3 rings (SSSR count). The smallest absolute Gasteiger partial charge is 0.136 e. The van der Waals surface area contributed by atoms with E-state index in [9.17, 15) is 5.11 Å². The normalized spacial score (nSPS) is 15.3. The minimum Gasteiger partial charge on any atom is -0.376 e. The minimum absolute atomic E-state index is 0.953. The molecule has 0 spiro atoms. The summed E-state index contributed by atoms with van der Waals surface area (Å²) in [7, 11) is 0. The van der Waals surface area contributed by atoms with Gasteiger partial charge in [-0.25, -0.2) is 0 Å². The van der Waals surface area contributed by atoms with Crippen molar-refractivity contribution in [2.24, 2.45) is 0 Å². The lowest BCUT2D eigenvalue weighted by molar-refractivity contribution is 0.118. The first-order valence-corrected chi connectivity index (χ1v) is 6.85. The first-order valence-electron chi connectivity index (χ1n) is 6.85. The monoisotopic (exact) mass is 250 g/mol. The second-order valence-electron chi connectivity index (χ2n) is 5.06. The van der Waals surface area contributed by atoms with Crippen LogP contribution in [0.25, 0.3) is 0 Å². The molecule has 0 radical (unpaired) electrons. The molecule has 0 saturated carbocycles. The Morgan fingerprint density at radius 3 is 1.74 bits per heavy atom. The Kier molecular flexibility index (Phi) is 3.22. The van der Waals surface area contributed by atoms with Gasteiger partial charge in [-0.15, -0.1) is 0 Å². The van der Waals surface area contributed by atoms with E-state index in [-0.39, 0.29) is 0 Å². The topological polar surface area (TPSA) is 20.2 Å². The molecule has 2 aromatic carbocycles. The Labute approximate surface area is 114 Å². The molecule has 1 aliphatic rings. The predicted molar refractivity (Wildman–Crippen MR) is 77.8 cm³/mol. The van der Waals surface area contributed by atoms with Gasteiger partial charge in [0, 0.05) is 0 Å². The van der Waals surface area contributed by atoms with E-state index in [1.807, 2.05) is 60.7 Å². The highest BCUT2D eigenvalue weighted by molar-refractivity contribution is 5.45. The van der Waals surface area contributed by atoms with E-state index in [0.717, 1.165) is 36.0 Å². The van der Waals surface area contributed by atoms with Crippen LogP contribution in [-0.4, -0.2) is 5.11 Å². The first kappa shape index (κ1) is 12.2. The third-order valence-corrected chi connectivity index (χ3v) is 3.89. The van der Waals surface area contributed by atoms with Crippen molar-refractivity contribution in [1.29, 1.82) is 0 Å². The third-order valence-electron chi connectivity index (χ3n) is 3.89. The maximum Gasteiger partial charge on any atom is 0.136 e. The SMILES string of the molecule is OC(C1=CCCC1)(c1ccccc1)c1ccccc1. The number of rotatable bonds is 3. The summed E-state index contributed by atoms with van der Waals surface area (Å²) in [6, 6.07) is 19.9. The molecule has 0 unspecified atom stereocenters. The lowest BCUT2D eigenvalue weighted by atomic mass is 9.80. The van der Waals surface area contributed by atoms with Crippen LogP contribution >= 0.6 is 0 Å². The van der Waals surface area contributed by atoms with Crippen LogP contribution in [0.2, 0.25) is 0 Å². The van der Waals surface area contributed by atoms with E-state index in [2.05, 4.69) is 6.08 Å². The van der Waals surface area contributed by atoms with Gasteiger partial charge >= 0.3 is 0 Å². The summed E-state index contributed by atoms with van der Waals surface area (Å²) in [4.78, 5) is 0. The molecule has 1 heteroatoms. The molecule has 0 bridgehead atoms. The molecule has 96 valence electrons. The Hall–Kier alpha value is -1.86. The minimum atomic E-state index is -0.973. The summed E-state index contributed by atoms with van der Waals surface area (Å²) in [6.45, 7) is 0. The second kappa shape index (κ2) is 5.02. The zero-order valence-corrected chi connectivity index (χ0v) is 10.9. The van der Waals surface area contributed by atoms with E-state index in [0.29, 0.717) is 0 Å². The van der Waals surface area contributed by atoms with Gasteiger partial charge in [0.2, 0.25) is 0 Å². The van der Waals surface area contributed by atoms with Crippen LogP contribution in [0.15, 0.2) is 72.3 Å². The Morgan fingerprint density at radius 1 is 0.789 bits per heavy atom. The second-order valence-corrected chi connectivity index (χ2v) is 5.06. The molecule has 1 nitrogen and oxygen atoms in total. The van der Waals surface area contributed by atoms with Gasteiger partial charge in [-0.3, -0.25) is 0 Å². The Bertz CT molecular complexity index is 530. The zero-order chi connectivity index (χ0) is 13.1. The van der Waals surface area contributed by atoms with Crippen molar-refractivity contribution in [3.63, 3.8) is 0 Å². The van der Waals surface area contributed by atoms with Crippen molar-refractivity contribution < 1.29 is 5.11 Å². The van der Waals surface area contributed by atoms with Crippen molar-refractivity contribution in [1.82, 2.24) is 0 Å². The number of benzene rings is 2. The van der Waals surface area contributed by atoms with Crippen LogP contribution in [0.5, 0.6) is 0 Å². The zero-order valence-electron chi connectivity index (χ0n) is 10.9. The summed E-state index contributed by atoms with van der Waals surface area (Å²) >= 11 is 0. The average molecular weight is 250 g/mol. The molecule has 19 heavy (non-hydrogen) atoms. The van der Waals surface area contributed by atoms with Gasteiger partial charge in [0.05, 0.1) is 0 Å². The maximum absolute atomic E-state index is 11.4. The van der Waals surface area contributed by atoms with Crippen molar-refractivity contribution >= 4 is 0 Å². The summed E-state index contributed by atoms with van der Waals surface area (Å²) in [6.07, 6.45) is 5.37. The largest absolute Gasteiger partial charge is 0.376 e. The standard InChI is InChI=1S/C18H18O/c19-18(17-13-7-8-14-17,15-9-3-1-4-10-15)16-11-5-2-6-12-16/h1-6,9-13,19H,7-8,14H2. The van der Waals surface area contributed by atoms with Crippen molar-refractivity contribution in [3.8, 4) is 0 Å². The highest BCUT2D eigenvalue weighted by atomic mass is 16.3. The van der Waals surface area contributed by atoms with Crippen LogP contribution < -0.4 is 0 Å². The van der Waals surface area contributed by atoms with Gasteiger partial charge in [0.25, 0.3) is 0 Å². The first-order chi connectivity index (χ1) is 9.32. The highest BCUT2D eigenvalue weighted by Crippen LogP contribution is 2.41. The molecule has 0 fully saturated rings. The van der Waals surface area contributed by atoms with Gasteiger partial charge in [-0.05, 0) is 36.0 Å². The van der Waals surface area contributed by atoms with Crippen molar-refractivity contribution in [3.05, 3.63) is 83.4 Å². The number of hydrogen-bond donors (Lipinski definition) is 1. The molecular formula is C18H18O. The third kappa shape index (κ3) is 2.11. The van der Waals surface area contributed by atoms with E-state index in [4.69, 9.17) is 0 Å². The molecule has 0 aromatic heterocycles. The van der Waals surface area contributed by atoms with E-state index in [1.54, 1.807) is 0 Å². The molecule has 0 saturated heterocycles. The fraction of sp³-hybridized carbons (Fsp3) is 0.222. The van der Waals surface area contributed by atoms with Crippen LogP contribution in [0.4, 0.5) is 0 Å². The highest BCUT2D eigenvalue weighted by Gasteiger charge is 2.36. The molecule has 2 aromatic rings. The van der Waals surface area contributed by atoms with E-state index in [1.165, 1.54) is 0 Å². The summed E-state index contributed by atoms with van der Waals surface area (Å²) < 4.78 is 0. The quantitative estimate of drug-likeness (QED) is 0.815. The van der Waals surface area contributed by atoms with Crippen LogP contribution in [0.3, 0.4) is 0 Å². The van der Waals surface area contributed by atoms with E-state index >= 15 is 0 Å². The van der Waals surface area contributed by atoms with E-state index < -0.39 is 5.60 Å². The van der Waals surface area contributed by atoms with Gasteiger partial charge in [-0.2, -0.15) is 0 Å². The molecule has 0 amide bonds. The Morgan fingerprint density at radius 2 is 1.32 bits per heavy atom. The van der Waals surface area contributed by atoms with Gasteiger partial charge < -0.3 is 5.11 Å². The fourth-order valence-electron chi connectivity index (χ4n) is 2.90. The summed E-state index contributed by atoms with van der Waals surface area (Å²) in [5.74, 6) is 0. The van der Waals surface area contributed by atoms with Crippen LogP contribution in [0.1, 0.15) is 30.4 Å². The number of aliphatic hydroxyl groups is 1. The van der Waals surface area contributed by atoms with Crippen LogP contribution in [-0.2, 0) is 5.60 Å². The molecule has 0 atom stereocenters. The molecule has 1 aliphatic carbocycles. The maximum atomic E-state index is 11.4. The summed E-state index contributed by atoms with van der Waals surface area (Å²) in [5, 5.41) is 11.4. The lowest BCUT2D eigenvalue weighted by Crippen LogP contribution is -2.29. The molecule has 0 heterocycles.